The highest BCUT2D eigenvalue weighted by Crippen LogP contribution is 2.41. The molecule has 5 nitrogen and oxygen atoms in total. The van der Waals surface area contributed by atoms with E-state index in [1.165, 1.54) is 27.5 Å². The fourth-order valence-corrected chi connectivity index (χ4v) is 6.43. The topological polar surface area (TPSA) is 48.0 Å². The van der Waals surface area contributed by atoms with Crippen LogP contribution < -0.4 is 0 Å². The van der Waals surface area contributed by atoms with Gasteiger partial charge in [-0.1, -0.05) is 54.1 Å². The lowest BCUT2D eigenvalue weighted by atomic mass is 9.97. The van der Waals surface area contributed by atoms with Crippen molar-refractivity contribution in [1.29, 1.82) is 0 Å². The maximum Gasteiger partial charge on any atom is 0.151 e. The van der Waals surface area contributed by atoms with Gasteiger partial charge in [-0.2, -0.15) is 0 Å². The van der Waals surface area contributed by atoms with Gasteiger partial charge in [-0.15, -0.1) is 0 Å². The molecule has 0 unspecified atom stereocenters. The van der Waals surface area contributed by atoms with Crippen LogP contribution in [0.15, 0.2) is 97.3 Å². The second-order valence-electron chi connectivity index (χ2n) is 10.4. The number of hydrogen-bond acceptors (Lipinski definition) is 3. The largest absolute Gasteiger partial charge is 0.293 e. The van der Waals surface area contributed by atoms with E-state index in [9.17, 15) is 0 Å². The molecule has 0 aliphatic heterocycles. The minimum absolute atomic E-state index is 0.864. The van der Waals surface area contributed by atoms with Crippen LogP contribution in [0.25, 0.3) is 66.5 Å². The summed E-state index contributed by atoms with van der Waals surface area (Å²) >= 11 is 0. The summed E-state index contributed by atoms with van der Waals surface area (Å²) in [6.07, 6.45) is 3.67. The molecular weight excluding hydrogens is 478 g/mol. The summed E-state index contributed by atoms with van der Waals surface area (Å²) in [7, 11) is 0. The number of benzene rings is 3. The van der Waals surface area contributed by atoms with Crippen molar-refractivity contribution in [3.05, 3.63) is 114 Å². The number of pyridine rings is 3. The number of aryl methyl sites for hydroxylation is 3. The first-order valence-electron chi connectivity index (χ1n) is 13.2. The van der Waals surface area contributed by atoms with Gasteiger partial charge in [0.2, 0.25) is 0 Å². The van der Waals surface area contributed by atoms with Gasteiger partial charge in [-0.3, -0.25) is 18.9 Å². The molecule has 0 aliphatic carbocycles. The Kier molecular flexibility index (Phi) is 4.50. The van der Waals surface area contributed by atoms with Crippen LogP contribution in [0.3, 0.4) is 0 Å². The van der Waals surface area contributed by atoms with Crippen LogP contribution in [0.2, 0.25) is 0 Å². The Hall–Kier alpha value is -5.03. The van der Waals surface area contributed by atoms with Gasteiger partial charge in [-0.05, 0) is 68.3 Å². The number of imidazole rings is 1. The van der Waals surface area contributed by atoms with Crippen molar-refractivity contribution in [3.63, 3.8) is 0 Å². The highest BCUT2D eigenvalue weighted by molar-refractivity contribution is 6.12. The summed E-state index contributed by atoms with van der Waals surface area (Å²) in [5.74, 6) is 1.02. The Balaban J connectivity index is 1.70. The van der Waals surface area contributed by atoms with E-state index in [0.717, 1.165) is 55.7 Å². The standard InChI is InChI=1S/C34H25N5/c1-20-18-21(2)29(22(3)19-20)32-34(38-26-13-6-4-10-23(26)24-11-5-7-14-27(24)38)39-28-15-9-17-36-31(28)30-25(33(39)37-32)12-8-16-35-30/h4-19H,1-3H3. The monoisotopic (exact) mass is 503 g/mol. The molecule has 0 amide bonds. The molecule has 0 N–H and O–H groups in total. The third-order valence-corrected chi connectivity index (χ3v) is 7.86. The molecule has 0 saturated heterocycles. The van der Waals surface area contributed by atoms with Gasteiger partial charge < -0.3 is 0 Å². The molecular formula is C34H25N5. The summed E-state index contributed by atoms with van der Waals surface area (Å²) in [5, 5.41) is 3.42. The van der Waals surface area contributed by atoms with E-state index in [-0.39, 0.29) is 0 Å². The van der Waals surface area contributed by atoms with Crippen LogP contribution in [-0.4, -0.2) is 23.9 Å². The van der Waals surface area contributed by atoms with Crippen molar-refractivity contribution in [2.75, 3.05) is 0 Å². The average molecular weight is 504 g/mol. The Bertz CT molecular complexity index is 2190. The first-order valence-corrected chi connectivity index (χ1v) is 13.2. The lowest BCUT2D eigenvalue weighted by Crippen LogP contribution is -2.04. The zero-order chi connectivity index (χ0) is 26.2. The highest BCUT2D eigenvalue weighted by atomic mass is 15.2. The van der Waals surface area contributed by atoms with E-state index in [1.807, 2.05) is 24.5 Å². The summed E-state index contributed by atoms with van der Waals surface area (Å²) in [6, 6.07) is 30.0. The van der Waals surface area contributed by atoms with Gasteiger partial charge in [-0.25, -0.2) is 4.98 Å². The predicted octanol–water partition coefficient (Wildman–Crippen LogP) is 8.12. The van der Waals surface area contributed by atoms with E-state index >= 15 is 0 Å². The molecule has 0 atom stereocenters. The smallest absolute Gasteiger partial charge is 0.151 e. The fraction of sp³-hybridized carbons (Fsp3) is 0.0882. The zero-order valence-corrected chi connectivity index (χ0v) is 22.0. The Morgan fingerprint density at radius 3 is 1.85 bits per heavy atom. The molecule has 8 aromatic rings. The number of aromatic nitrogens is 5. The van der Waals surface area contributed by atoms with Crippen molar-refractivity contribution in [2.45, 2.75) is 20.8 Å². The van der Waals surface area contributed by atoms with Gasteiger partial charge in [0, 0.05) is 34.1 Å². The number of para-hydroxylation sites is 2. The minimum atomic E-state index is 0.864. The van der Waals surface area contributed by atoms with Crippen LogP contribution in [0.5, 0.6) is 0 Å². The van der Waals surface area contributed by atoms with E-state index in [1.54, 1.807) is 0 Å². The molecule has 5 heteroatoms. The first-order chi connectivity index (χ1) is 19.1. The third-order valence-electron chi connectivity index (χ3n) is 7.86. The molecule has 0 bridgehead atoms. The molecule has 5 heterocycles. The second kappa shape index (κ2) is 7.98. The highest BCUT2D eigenvalue weighted by Gasteiger charge is 2.26. The van der Waals surface area contributed by atoms with Gasteiger partial charge in [0.05, 0.1) is 16.6 Å². The molecule has 0 saturated carbocycles. The zero-order valence-electron chi connectivity index (χ0n) is 22.0. The van der Waals surface area contributed by atoms with Gasteiger partial charge >= 0.3 is 0 Å². The summed E-state index contributed by atoms with van der Waals surface area (Å²) in [4.78, 5) is 15.0. The van der Waals surface area contributed by atoms with Crippen molar-refractivity contribution >= 4 is 49.4 Å². The quantitative estimate of drug-likeness (QED) is 0.224. The Morgan fingerprint density at radius 1 is 0.590 bits per heavy atom. The normalized spacial score (nSPS) is 12.0. The van der Waals surface area contributed by atoms with Crippen molar-refractivity contribution < 1.29 is 0 Å². The Labute approximate surface area is 225 Å². The van der Waals surface area contributed by atoms with Crippen molar-refractivity contribution in [3.8, 4) is 17.1 Å². The Morgan fingerprint density at radius 2 is 1.15 bits per heavy atom. The van der Waals surface area contributed by atoms with Gasteiger partial charge in [0.25, 0.3) is 0 Å². The third kappa shape index (κ3) is 2.98. The minimum Gasteiger partial charge on any atom is -0.293 e. The van der Waals surface area contributed by atoms with E-state index < -0.39 is 0 Å². The second-order valence-corrected chi connectivity index (χ2v) is 10.4. The lowest BCUT2D eigenvalue weighted by molar-refractivity contribution is 1.06. The van der Waals surface area contributed by atoms with E-state index in [2.05, 4.69) is 103 Å². The molecule has 0 aliphatic rings. The molecule has 39 heavy (non-hydrogen) atoms. The summed E-state index contributed by atoms with van der Waals surface area (Å²) < 4.78 is 4.67. The molecule has 186 valence electrons. The SMILES string of the molecule is Cc1cc(C)c(-c2nc3c4cccnc4c4ncccc4n3c2-n2c3ccccc3c3ccccc32)c(C)c1. The van der Waals surface area contributed by atoms with Crippen LogP contribution in [0.1, 0.15) is 16.7 Å². The number of rotatable bonds is 2. The lowest BCUT2D eigenvalue weighted by Gasteiger charge is -2.15. The van der Waals surface area contributed by atoms with E-state index in [4.69, 9.17) is 15.0 Å². The molecule has 5 aromatic heterocycles. The van der Waals surface area contributed by atoms with Gasteiger partial charge in [0.15, 0.2) is 5.82 Å². The number of hydrogen-bond donors (Lipinski definition) is 0. The summed E-state index contributed by atoms with van der Waals surface area (Å²) in [5.41, 5.74) is 11.7. The summed E-state index contributed by atoms with van der Waals surface area (Å²) in [6.45, 7) is 6.53. The number of nitrogens with zero attached hydrogens (tertiary/aromatic N) is 5. The van der Waals surface area contributed by atoms with Crippen LogP contribution >= 0.6 is 0 Å². The van der Waals surface area contributed by atoms with Crippen molar-refractivity contribution in [1.82, 2.24) is 23.9 Å². The molecule has 0 radical (unpaired) electrons. The maximum absolute atomic E-state index is 5.46. The molecule has 3 aromatic carbocycles. The first kappa shape index (κ1) is 22.0. The van der Waals surface area contributed by atoms with Crippen molar-refractivity contribution in [2.24, 2.45) is 0 Å². The molecule has 8 rings (SSSR count). The predicted molar refractivity (Wildman–Crippen MR) is 160 cm³/mol. The maximum atomic E-state index is 5.46. The van der Waals surface area contributed by atoms with Crippen LogP contribution in [0.4, 0.5) is 0 Å². The van der Waals surface area contributed by atoms with E-state index in [0.29, 0.717) is 0 Å². The average Bonchev–Trinajstić information content (AvgIpc) is 3.49. The van der Waals surface area contributed by atoms with Crippen LogP contribution in [0, 0.1) is 20.8 Å². The molecule has 0 fully saturated rings. The van der Waals surface area contributed by atoms with Crippen LogP contribution in [-0.2, 0) is 0 Å². The van der Waals surface area contributed by atoms with Gasteiger partial charge in [0.1, 0.15) is 22.4 Å². The molecule has 0 spiro atoms. The fourth-order valence-electron chi connectivity index (χ4n) is 6.43. The number of fused-ring (bicyclic) bond motifs is 9.